The Labute approximate surface area is 194 Å². The monoisotopic (exact) mass is 452 g/mol. The van der Waals surface area contributed by atoms with Crippen molar-refractivity contribution >= 4 is 23.5 Å². The molecule has 33 heavy (non-hydrogen) atoms. The van der Waals surface area contributed by atoms with Crippen molar-refractivity contribution in [3.8, 4) is 11.3 Å². The number of benzene rings is 1. The van der Waals surface area contributed by atoms with E-state index in [-0.39, 0.29) is 24.1 Å². The second-order valence-electron chi connectivity index (χ2n) is 8.90. The molecule has 0 aliphatic carbocycles. The molecule has 2 N–H and O–H groups in total. The molecule has 2 aromatic rings. The van der Waals surface area contributed by atoms with Crippen LogP contribution in [0.5, 0.6) is 0 Å². The summed E-state index contributed by atoms with van der Waals surface area (Å²) in [6, 6.07) is 5.54. The molecule has 0 radical (unpaired) electrons. The van der Waals surface area contributed by atoms with Crippen LogP contribution in [0.25, 0.3) is 11.3 Å². The number of nitrogens with one attached hydrogen (secondary N) is 2. The first-order valence-corrected chi connectivity index (χ1v) is 11.5. The molecule has 0 bridgehead atoms. The molecule has 9 nitrogen and oxygen atoms in total. The van der Waals surface area contributed by atoms with Gasteiger partial charge >= 0.3 is 6.09 Å². The highest BCUT2D eigenvalue weighted by Crippen LogP contribution is 2.39. The van der Waals surface area contributed by atoms with Crippen LogP contribution in [-0.4, -0.2) is 60.3 Å². The van der Waals surface area contributed by atoms with Crippen molar-refractivity contribution in [2.75, 3.05) is 36.0 Å². The first-order valence-electron chi connectivity index (χ1n) is 11.5. The Hall–Kier alpha value is -3.20. The number of fused-ring (bicyclic) bond motifs is 1. The average Bonchev–Trinajstić information content (AvgIpc) is 2.79. The Bertz CT molecular complexity index is 1000. The molecule has 0 spiro atoms. The number of rotatable bonds is 4. The number of alkyl carbamates (subject to hydrolysis) is 1. The van der Waals surface area contributed by atoms with Crippen molar-refractivity contribution < 1.29 is 14.3 Å². The third-order valence-corrected chi connectivity index (χ3v) is 6.03. The zero-order chi connectivity index (χ0) is 23.5. The third-order valence-electron chi connectivity index (χ3n) is 6.03. The van der Waals surface area contributed by atoms with E-state index in [1.165, 1.54) is 0 Å². The highest BCUT2D eigenvalue weighted by molar-refractivity contribution is 5.94. The van der Waals surface area contributed by atoms with E-state index in [9.17, 15) is 9.59 Å². The van der Waals surface area contributed by atoms with Gasteiger partial charge < -0.3 is 25.2 Å². The van der Waals surface area contributed by atoms with E-state index in [0.29, 0.717) is 6.42 Å². The molecular formula is C24H32N6O3. The number of aromatic nitrogens is 2. The van der Waals surface area contributed by atoms with Gasteiger partial charge in [0.1, 0.15) is 5.82 Å². The summed E-state index contributed by atoms with van der Waals surface area (Å²) < 4.78 is 5.30. The largest absolute Gasteiger partial charge is 0.447 e. The van der Waals surface area contributed by atoms with Crippen molar-refractivity contribution in [2.24, 2.45) is 0 Å². The number of hydrogen-bond donors (Lipinski definition) is 2. The van der Waals surface area contributed by atoms with E-state index in [1.807, 2.05) is 39.0 Å². The predicted molar refractivity (Wildman–Crippen MR) is 127 cm³/mol. The lowest BCUT2D eigenvalue weighted by atomic mass is 9.90. The minimum atomic E-state index is -0.463. The quantitative estimate of drug-likeness (QED) is 0.736. The zero-order valence-electron chi connectivity index (χ0n) is 19.7. The summed E-state index contributed by atoms with van der Waals surface area (Å²) in [4.78, 5) is 38.0. The summed E-state index contributed by atoms with van der Waals surface area (Å²) in [7, 11) is 0. The van der Waals surface area contributed by atoms with Crippen LogP contribution in [0.2, 0.25) is 0 Å². The fraction of sp³-hybridized carbons (Fsp3) is 0.500. The van der Waals surface area contributed by atoms with E-state index in [4.69, 9.17) is 4.74 Å². The zero-order valence-corrected chi connectivity index (χ0v) is 19.7. The number of ether oxygens (including phenoxy) is 1. The van der Waals surface area contributed by atoms with Gasteiger partial charge in [-0.15, -0.1) is 0 Å². The normalized spacial score (nSPS) is 20.4. The van der Waals surface area contributed by atoms with Crippen LogP contribution in [0.1, 0.15) is 45.7 Å². The van der Waals surface area contributed by atoms with Crippen molar-refractivity contribution in [3.05, 3.63) is 36.2 Å². The second kappa shape index (κ2) is 9.74. The van der Waals surface area contributed by atoms with Crippen LogP contribution in [0.4, 0.5) is 16.3 Å². The van der Waals surface area contributed by atoms with Crippen molar-refractivity contribution in [1.82, 2.24) is 20.6 Å². The molecule has 2 aliphatic heterocycles. The van der Waals surface area contributed by atoms with Gasteiger partial charge in [-0.25, -0.2) is 9.78 Å². The SMILES string of the molecule is CC(=O)N1c2ccc(-c3cnc(N4CCNCC4)cn3)cc2C(NC(=O)OC(C)C)C[C@H]1C. The van der Waals surface area contributed by atoms with Crippen molar-refractivity contribution in [1.29, 1.82) is 0 Å². The molecule has 176 valence electrons. The summed E-state index contributed by atoms with van der Waals surface area (Å²) in [5, 5.41) is 6.32. The number of carbonyl (C=O) groups excluding carboxylic acids is 2. The van der Waals surface area contributed by atoms with Crippen molar-refractivity contribution in [2.45, 2.75) is 52.3 Å². The number of anilines is 2. The Morgan fingerprint density at radius 1 is 1.18 bits per heavy atom. The van der Waals surface area contributed by atoms with Gasteiger partial charge in [0, 0.05) is 50.4 Å². The van der Waals surface area contributed by atoms with E-state index in [1.54, 1.807) is 24.2 Å². The van der Waals surface area contributed by atoms with Crippen LogP contribution >= 0.6 is 0 Å². The number of piperazine rings is 1. The van der Waals surface area contributed by atoms with Crippen LogP contribution in [0.3, 0.4) is 0 Å². The number of amides is 2. The molecule has 1 aromatic carbocycles. The molecule has 2 atom stereocenters. The molecule has 9 heteroatoms. The molecular weight excluding hydrogens is 420 g/mol. The second-order valence-corrected chi connectivity index (χ2v) is 8.90. The molecule has 1 unspecified atom stereocenters. The maximum atomic E-state index is 12.4. The number of carbonyl (C=O) groups is 2. The van der Waals surface area contributed by atoms with Gasteiger partial charge in [-0.05, 0) is 44.9 Å². The maximum absolute atomic E-state index is 12.4. The first-order chi connectivity index (χ1) is 15.8. The summed E-state index contributed by atoms with van der Waals surface area (Å²) >= 11 is 0. The molecule has 0 saturated carbocycles. The van der Waals surface area contributed by atoms with E-state index in [2.05, 4.69) is 25.5 Å². The highest BCUT2D eigenvalue weighted by atomic mass is 16.6. The van der Waals surface area contributed by atoms with Gasteiger partial charge in [0.15, 0.2) is 0 Å². The molecule has 1 fully saturated rings. The van der Waals surface area contributed by atoms with E-state index in [0.717, 1.165) is 54.5 Å². The lowest BCUT2D eigenvalue weighted by Gasteiger charge is -2.39. The van der Waals surface area contributed by atoms with Gasteiger partial charge in [-0.1, -0.05) is 6.07 Å². The average molecular weight is 453 g/mol. The van der Waals surface area contributed by atoms with Crippen LogP contribution in [0, 0.1) is 0 Å². The first kappa shape index (κ1) is 23.0. The molecule has 4 rings (SSSR count). The summed E-state index contributed by atoms with van der Waals surface area (Å²) in [6.45, 7) is 10.9. The Morgan fingerprint density at radius 2 is 1.94 bits per heavy atom. The Kier molecular flexibility index (Phi) is 6.78. The fourth-order valence-corrected chi connectivity index (χ4v) is 4.56. The topological polar surface area (TPSA) is 99.7 Å². The fourth-order valence-electron chi connectivity index (χ4n) is 4.56. The minimum absolute atomic E-state index is 0.0279. The van der Waals surface area contributed by atoms with Crippen molar-refractivity contribution in [3.63, 3.8) is 0 Å². The highest BCUT2D eigenvalue weighted by Gasteiger charge is 2.34. The van der Waals surface area contributed by atoms with E-state index < -0.39 is 6.09 Å². The standard InChI is InChI=1S/C24H32N6O3/c1-15(2)33-24(32)28-20-11-16(3)30(17(4)31)22-6-5-18(12-19(20)22)21-13-27-23(14-26-21)29-9-7-25-8-10-29/h5-6,12-16,20,25H,7-11H2,1-4H3,(H,28,32)/t16-,20?/m1/s1. The van der Waals surface area contributed by atoms with Gasteiger partial charge in [-0.3, -0.25) is 9.78 Å². The summed E-state index contributed by atoms with van der Waals surface area (Å²) in [5.41, 5.74) is 3.29. The molecule has 3 heterocycles. The van der Waals surface area contributed by atoms with Gasteiger partial charge in [0.05, 0.1) is 30.2 Å². The molecule has 1 aromatic heterocycles. The lowest BCUT2D eigenvalue weighted by molar-refractivity contribution is -0.117. The predicted octanol–water partition coefficient (Wildman–Crippen LogP) is 2.87. The van der Waals surface area contributed by atoms with Gasteiger partial charge in [-0.2, -0.15) is 0 Å². The maximum Gasteiger partial charge on any atom is 0.407 e. The number of hydrogen-bond acceptors (Lipinski definition) is 7. The summed E-state index contributed by atoms with van der Waals surface area (Å²) in [5.74, 6) is 0.839. The smallest absolute Gasteiger partial charge is 0.407 e. The van der Waals surface area contributed by atoms with Crippen LogP contribution in [0.15, 0.2) is 30.6 Å². The Balaban J connectivity index is 1.64. The molecule has 2 amide bonds. The lowest BCUT2D eigenvalue weighted by Crippen LogP contribution is -2.45. The van der Waals surface area contributed by atoms with Gasteiger partial charge in [0.25, 0.3) is 0 Å². The van der Waals surface area contributed by atoms with Crippen LogP contribution < -0.4 is 20.4 Å². The summed E-state index contributed by atoms with van der Waals surface area (Å²) in [6.07, 6.45) is 3.50. The Morgan fingerprint density at radius 3 is 2.58 bits per heavy atom. The molecule has 2 aliphatic rings. The van der Waals surface area contributed by atoms with Crippen LogP contribution in [-0.2, 0) is 9.53 Å². The third kappa shape index (κ3) is 5.08. The van der Waals surface area contributed by atoms with E-state index >= 15 is 0 Å². The number of nitrogens with zero attached hydrogens (tertiary/aromatic N) is 4. The van der Waals surface area contributed by atoms with Gasteiger partial charge in [0.2, 0.25) is 5.91 Å². The minimum Gasteiger partial charge on any atom is -0.447 e. The molecule has 1 saturated heterocycles.